The molecular weight excluding hydrogens is 192 g/mol. The highest BCUT2D eigenvalue weighted by atomic mass is 16.5. The van der Waals surface area contributed by atoms with Gasteiger partial charge in [0.05, 0.1) is 6.61 Å². The first-order chi connectivity index (χ1) is 7.27. The van der Waals surface area contributed by atoms with E-state index in [-0.39, 0.29) is 5.54 Å². The SMILES string of the molecule is COCCNCCNC1(C)CCOCC1. The molecule has 0 amide bonds. The molecule has 0 saturated carbocycles. The average Bonchev–Trinajstić information content (AvgIpc) is 2.24. The molecule has 0 aromatic heterocycles. The molecule has 0 unspecified atom stereocenters. The van der Waals surface area contributed by atoms with Gasteiger partial charge in [0, 0.05) is 45.5 Å². The van der Waals surface area contributed by atoms with Crippen LogP contribution in [0.5, 0.6) is 0 Å². The number of hydrogen-bond donors (Lipinski definition) is 2. The van der Waals surface area contributed by atoms with Crippen molar-refractivity contribution in [2.75, 3.05) is 46.6 Å². The fraction of sp³-hybridized carbons (Fsp3) is 1.00. The average molecular weight is 216 g/mol. The van der Waals surface area contributed by atoms with Crippen molar-refractivity contribution in [3.05, 3.63) is 0 Å². The highest BCUT2D eigenvalue weighted by Crippen LogP contribution is 2.18. The predicted molar refractivity (Wildman–Crippen MR) is 61.2 cm³/mol. The maximum Gasteiger partial charge on any atom is 0.0587 e. The Morgan fingerprint density at radius 3 is 2.60 bits per heavy atom. The minimum Gasteiger partial charge on any atom is -0.383 e. The van der Waals surface area contributed by atoms with Gasteiger partial charge in [0.25, 0.3) is 0 Å². The van der Waals surface area contributed by atoms with E-state index in [9.17, 15) is 0 Å². The third-order valence-corrected chi connectivity index (χ3v) is 2.93. The highest BCUT2D eigenvalue weighted by Gasteiger charge is 2.25. The van der Waals surface area contributed by atoms with Gasteiger partial charge in [0.15, 0.2) is 0 Å². The molecule has 1 aliphatic rings. The molecule has 0 bridgehead atoms. The maximum absolute atomic E-state index is 5.35. The molecule has 15 heavy (non-hydrogen) atoms. The van der Waals surface area contributed by atoms with Crippen molar-refractivity contribution in [3.63, 3.8) is 0 Å². The minimum atomic E-state index is 0.279. The van der Waals surface area contributed by atoms with Gasteiger partial charge in [0.2, 0.25) is 0 Å². The van der Waals surface area contributed by atoms with Gasteiger partial charge in [-0.2, -0.15) is 0 Å². The normalized spacial score (nSPS) is 20.4. The first kappa shape index (κ1) is 12.9. The van der Waals surface area contributed by atoms with Crippen LogP contribution in [0.25, 0.3) is 0 Å². The van der Waals surface area contributed by atoms with Gasteiger partial charge in [-0.15, -0.1) is 0 Å². The van der Waals surface area contributed by atoms with E-state index in [0.717, 1.165) is 52.3 Å². The van der Waals surface area contributed by atoms with Gasteiger partial charge in [-0.05, 0) is 19.8 Å². The van der Waals surface area contributed by atoms with Gasteiger partial charge in [-0.25, -0.2) is 0 Å². The van der Waals surface area contributed by atoms with Crippen LogP contribution in [0.2, 0.25) is 0 Å². The number of rotatable bonds is 7. The summed E-state index contributed by atoms with van der Waals surface area (Å²) < 4.78 is 10.3. The molecule has 1 heterocycles. The zero-order valence-electron chi connectivity index (χ0n) is 9.97. The Morgan fingerprint density at radius 2 is 1.93 bits per heavy atom. The summed E-state index contributed by atoms with van der Waals surface area (Å²) in [4.78, 5) is 0. The fourth-order valence-corrected chi connectivity index (χ4v) is 1.75. The van der Waals surface area contributed by atoms with Crippen molar-refractivity contribution >= 4 is 0 Å². The number of hydrogen-bond acceptors (Lipinski definition) is 4. The van der Waals surface area contributed by atoms with E-state index in [1.165, 1.54) is 0 Å². The van der Waals surface area contributed by atoms with Crippen LogP contribution in [0, 0.1) is 0 Å². The lowest BCUT2D eigenvalue weighted by Crippen LogP contribution is -2.48. The Hall–Kier alpha value is -0.160. The molecule has 4 heteroatoms. The van der Waals surface area contributed by atoms with Crippen molar-refractivity contribution < 1.29 is 9.47 Å². The third-order valence-electron chi connectivity index (χ3n) is 2.93. The minimum absolute atomic E-state index is 0.279. The topological polar surface area (TPSA) is 42.5 Å². The number of ether oxygens (including phenoxy) is 2. The summed E-state index contributed by atoms with van der Waals surface area (Å²) in [5.41, 5.74) is 0.279. The van der Waals surface area contributed by atoms with Crippen LogP contribution in [0.3, 0.4) is 0 Å². The summed E-state index contributed by atoms with van der Waals surface area (Å²) in [5.74, 6) is 0. The van der Waals surface area contributed by atoms with Gasteiger partial charge >= 0.3 is 0 Å². The molecule has 0 atom stereocenters. The van der Waals surface area contributed by atoms with Crippen LogP contribution in [0.4, 0.5) is 0 Å². The third kappa shape index (κ3) is 5.47. The Labute approximate surface area is 92.7 Å². The molecule has 90 valence electrons. The van der Waals surface area contributed by atoms with E-state index in [0.29, 0.717) is 0 Å². The molecule has 1 aliphatic heterocycles. The van der Waals surface area contributed by atoms with E-state index >= 15 is 0 Å². The summed E-state index contributed by atoms with van der Waals surface area (Å²) in [7, 11) is 1.73. The van der Waals surface area contributed by atoms with Crippen molar-refractivity contribution in [3.8, 4) is 0 Å². The monoisotopic (exact) mass is 216 g/mol. The fourth-order valence-electron chi connectivity index (χ4n) is 1.75. The van der Waals surface area contributed by atoms with Gasteiger partial charge in [0.1, 0.15) is 0 Å². The summed E-state index contributed by atoms with van der Waals surface area (Å²) in [6, 6.07) is 0. The molecule has 1 saturated heterocycles. The summed E-state index contributed by atoms with van der Waals surface area (Å²) >= 11 is 0. The van der Waals surface area contributed by atoms with Crippen molar-refractivity contribution in [1.29, 1.82) is 0 Å². The van der Waals surface area contributed by atoms with Crippen LogP contribution in [0.15, 0.2) is 0 Å². The smallest absolute Gasteiger partial charge is 0.0587 e. The lowest BCUT2D eigenvalue weighted by Gasteiger charge is -2.34. The Balaban J connectivity index is 1.98. The van der Waals surface area contributed by atoms with E-state index in [1.54, 1.807) is 7.11 Å². The predicted octanol–water partition coefficient (Wildman–Crippen LogP) is 0.381. The van der Waals surface area contributed by atoms with Gasteiger partial charge in [-0.3, -0.25) is 0 Å². The molecule has 1 rings (SSSR count). The zero-order valence-corrected chi connectivity index (χ0v) is 9.97. The Bertz CT molecular complexity index is 159. The first-order valence-electron chi connectivity index (χ1n) is 5.79. The standard InChI is InChI=1S/C11H24N2O2/c1-11(3-8-15-9-4-11)13-6-5-12-7-10-14-2/h12-13H,3-10H2,1-2H3. The Morgan fingerprint density at radius 1 is 1.20 bits per heavy atom. The van der Waals surface area contributed by atoms with Crippen LogP contribution < -0.4 is 10.6 Å². The molecule has 0 aromatic carbocycles. The van der Waals surface area contributed by atoms with E-state index in [2.05, 4.69) is 17.6 Å². The molecule has 0 radical (unpaired) electrons. The second-order valence-electron chi connectivity index (χ2n) is 4.34. The largest absolute Gasteiger partial charge is 0.383 e. The van der Waals surface area contributed by atoms with E-state index < -0.39 is 0 Å². The second kappa shape index (κ2) is 7.17. The zero-order chi connectivity index (χ0) is 11.0. The molecule has 0 spiro atoms. The number of methoxy groups -OCH3 is 1. The lowest BCUT2D eigenvalue weighted by molar-refractivity contribution is 0.0455. The van der Waals surface area contributed by atoms with E-state index in [1.807, 2.05) is 0 Å². The molecule has 0 aliphatic carbocycles. The van der Waals surface area contributed by atoms with Crippen LogP contribution in [-0.4, -0.2) is 52.1 Å². The Kier molecular flexibility index (Phi) is 6.17. The number of nitrogens with one attached hydrogen (secondary N) is 2. The van der Waals surface area contributed by atoms with Crippen molar-refractivity contribution in [2.45, 2.75) is 25.3 Å². The van der Waals surface area contributed by atoms with Crippen molar-refractivity contribution in [1.82, 2.24) is 10.6 Å². The van der Waals surface area contributed by atoms with Crippen molar-refractivity contribution in [2.24, 2.45) is 0 Å². The van der Waals surface area contributed by atoms with Gasteiger partial charge < -0.3 is 20.1 Å². The molecule has 2 N–H and O–H groups in total. The molecule has 0 aromatic rings. The lowest BCUT2D eigenvalue weighted by atomic mass is 9.92. The molecule has 4 nitrogen and oxygen atoms in total. The summed E-state index contributed by atoms with van der Waals surface area (Å²) in [5, 5.41) is 6.92. The quantitative estimate of drug-likeness (QED) is 0.604. The summed E-state index contributed by atoms with van der Waals surface area (Å²) in [6.45, 7) is 7.79. The van der Waals surface area contributed by atoms with E-state index in [4.69, 9.17) is 9.47 Å². The van der Waals surface area contributed by atoms with Crippen LogP contribution in [0.1, 0.15) is 19.8 Å². The first-order valence-corrected chi connectivity index (χ1v) is 5.79. The van der Waals surface area contributed by atoms with Crippen LogP contribution >= 0.6 is 0 Å². The summed E-state index contributed by atoms with van der Waals surface area (Å²) in [6.07, 6.45) is 2.23. The van der Waals surface area contributed by atoms with Crippen LogP contribution in [-0.2, 0) is 9.47 Å². The highest BCUT2D eigenvalue weighted by molar-refractivity contribution is 4.85. The van der Waals surface area contributed by atoms with Gasteiger partial charge in [-0.1, -0.05) is 0 Å². The molecule has 1 fully saturated rings. The maximum atomic E-state index is 5.35. The molecular formula is C11H24N2O2. The second-order valence-corrected chi connectivity index (χ2v) is 4.34.